The van der Waals surface area contributed by atoms with Crippen molar-refractivity contribution in [2.45, 2.75) is 6.04 Å². The number of ether oxygens (including phenoxy) is 1. The van der Waals surface area contributed by atoms with Gasteiger partial charge in [0.25, 0.3) is 0 Å². The van der Waals surface area contributed by atoms with Crippen LogP contribution in [0.1, 0.15) is 0 Å². The van der Waals surface area contributed by atoms with Crippen LogP contribution in [0.15, 0.2) is 0 Å². The average molecular weight is 257 g/mol. The number of carbonyl (C=O) groups is 2. The average Bonchev–Trinajstić information content (AvgIpc) is 2.39. The molecule has 0 aliphatic carbocycles. The topological polar surface area (TPSA) is 82.1 Å². The lowest BCUT2D eigenvalue weighted by atomic mass is 10.2. The molecular formula is C11H19N3O4. The zero-order chi connectivity index (χ0) is 13.0. The predicted octanol–water partition coefficient (Wildman–Crippen LogP) is -1.80. The van der Waals surface area contributed by atoms with E-state index < -0.39 is 5.97 Å². The minimum atomic E-state index is -0.822. The minimum Gasteiger partial charge on any atom is -0.480 e. The molecule has 0 aromatic heterocycles. The van der Waals surface area contributed by atoms with Gasteiger partial charge in [-0.15, -0.1) is 0 Å². The molecule has 7 heteroatoms. The third kappa shape index (κ3) is 3.41. The van der Waals surface area contributed by atoms with E-state index in [9.17, 15) is 9.59 Å². The number of nitrogens with one attached hydrogen (secondary N) is 1. The van der Waals surface area contributed by atoms with Crippen LogP contribution in [-0.4, -0.2) is 85.3 Å². The van der Waals surface area contributed by atoms with Gasteiger partial charge in [-0.1, -0.05) is 0 Å². The SMILES string of the molecule is O=C(O)CN1CCN(C(=O)C2COCCN2)CC1. The molecule has 0 spiro atoms. The van der Waals surface area contributed by atoms with Crippen LogP contribution in [0.2, 0.25) is 0 Å². The summed E-state index contributed by atoms with van der Waals surface area (Å²) >= 11 is 0. The van der Waals surface area contributed by atoms with Gasteiger partial charge in [0.2, 0.25) is 5.91 Å². The van der Waals surface area contributed by atoms with Gasteiger partial charge >= 0.3 is 5.97 Å². The van der Waals surface area contributed by atoms with Gasteiger partial charge < -0.3 is 20.1 Å². The Balaban J connectivity index is 1.78. The number of nitrogens with zero attached hydrogens (tertiary/aromatic N) is 2. The van der Waals surface area contributed by atoms with Crippen molar-refractivity contribution < 1.29 is 19.4 Å². The molecule has 0 saturated carbocycles. The maximum Gasteiger partial charge on any atom is 0.317 e. The summed E-state index contributed by atoms with van der Waals surface area (Å²) in [7, 11) is 0. The molecule has 1 amide bonds. The van der Waals surface area contributed by atoms with Crippen molar-refractivity contribution >= 4 is 11.9 Å². The van der Waals surface area contributed by atoms with Crippen molar-refractivity contribution in [3.8, 4) is 0 Å². The molecule has 2 rings (SSSR count). The lowest BCUT2D eigenvalue weighted by molar-refractivity contribution is -0.140. The highest BCUT2D eigenvalue weighted by Gasteiger charge is 2.29. The Kier molecular flexibility index (Phi) is 4.51. The fraction of sp³-hybridized carbons (Fsp3) is 0.818. The standard InChI is InChI=1S/C11H19N3O4/c15-10(16)7-13-2-4-14(5-3-13)11(17)9-8-18-6-1-12-9/h9,12H,1-8H2,(H,15,16). The lowest BCUT2D eigenvalue weighted by Crippen LogP contribution is -2.57. The summed E-state index contributed by atoms with van der Waals surface area (Å²) < 4.78 is 5.27. The fourth-order valence-electron chi connectivity index (χ4n) is 2.26. The number of hydrogen-bond donors (Lipinski definition) is 2. The highest BCUT2D eigenvalue weighted by molar-refractivity contribution is 5.82. The molecule has 0 aromatic carbocycles. The molecule has 102 valence electrons. The Hall–Kier alpha value is -1.18. The molecule has 7 nitrogen and oxygen atoms in total. The molecule has 2 fully saturated rings. The van der Waals surface area contributed by atoms with Gasteiger partial charge in [-0.05, 0) is 0 Å². The van der Waals surface area contributed by atoms with Gasteiger partial charge in [-0.2, -0.15) is 0 Å². The highest BCUT2D eigenvalue weighted by Crippen LogP contribution is 2.05. The maximum atomic E-state index is 12.1. The molecule has 1 atom stereocenters. The number of carbonyl (C=O) groups excluding carboxylic acids is 1. The molecule has 2 aliphatic rings. The molecule has 2 N–H and O–H groups in total. The summed E-state index contributed by atoms with van der Waals surface area (Å²) in [4.78, 5) is 26.3. The Labute approximate surface area is 106 Å². The van der Waals surface area contributed by atoms with E-state index in [0.29, 0.717) is 45.9 Å². The summed E-state index contributed by atoms with van der Waals surface area (Å²) in [5, 5.41) is 11.8. The second-order valence-electron chi connectivity index (χ2n) is 4.58. The molecule has 0 bridgehead atoms. The zero-order valence-electron chi connectivity index (χ0n) is 10.3. The monoisotopic (exact) mass is 257 g/mol. The number of carboxylic acid groups (broad SMARTS) is 1. The maximum absolute atomic E-state index is 12.1. The third-order valence-electron chi connectivity index (χ3n) is 3.26. The highest BCUT2D eigenvalue weighted by atomic mass is 16.5. The summed E-state index contributed by atoms with van der Waals surface area (Å²) in [5.41, 5.74) is 0. The lowest BCUT2D eigenvalue weighted by Gasteiger charge is -2.36. The van der Waals surface area contributed by atoms with Crippen LogP contribution in [0.25, 0.3) is 0 Å². The summed E-state index contributed by atoms with van der Waals surface area (Å²) in [6.45, 7) is 4.23. The number of amides is 1. The zero-order valence-corrected chi connectivity index (χ0v) is 10.3. The molecule has 0 aromatic rings. The number of morpholine rings is 1. The van der Waals surface area contributed by atoms with Crippen molar-refractivity contribution in [2.24, 2.45) is 0 Å². The number of piperazine rings is 1. The smallest absolute Gasteiger partial charge is 0.317 e. The van der Waals surface area contributed by atoms with Crippen molar-refractivity contribution in [3.63, 3.8) is 0 Å². The van der Waals surface area contributed by atoms with Crippen molar-refractivity contribution in [1.29, 1.82) is 0 Å². The first-order chi connectivity index (χ1) is 8.66. The van der Waals surface area contributed by atoms with E-state index in [1.165, 1.54) is 0 Å². The second-order valence-corrected chi connectivity index (χ2v) is 4.58. The Bertz CT molecular complexity index is 309. The molecule has 2 heterocycles. The van der Waals surface area contributed by atoms with Crippen LogP contribution in [0.4, 0.5) is 0 Å². The molecule has 1 unspecified atom stereocenters. The van der Waals surface area contributed by atoms with E-state index in [0.717, 1.165) is 0 Å². The van der Waals surface area contributed by atoms with Gasteiger partial charge in [0.1, 0.15) is 6.04 Å². The summed E-state index contributed by atoms with van der Waals surface area (Å²) in [5.74, 6) is -0.762. The van der Waals surface area contributed by atoms with Gasteiger partial charge in [0.15, 0.2) is 0 Å². The van der Waals surface area contributed by atoms with E-state index in [4.69, 9.17) is 9.84 Å². The Morgan fingerprint density at radius 1 is 1.28 bits per heavy atom. The summed E-state index contributed by atoms with van der Waals surface area (Å²) in [6, 6.07) is -0.246. The first-order valence-electron chi connectivity index (χ1n) is 6.21. The number of hydrogen-bond acceptors (Lipinski definition) is 5. The number of carboxylic acids is 1. The van der Waals surface area contributed by atoms with E-state index in [-0.39, 0.29) is 18.5 Å². The van der Waals surface area contributed by atoms with Crippen LogP contribution in [0.3, 0.4) is 0 Å². The van der Waals surface area contributed by atoms with Crippen LogP contribution >= 0.6 is 0 Å². The second kappa shape index (κ2) is 6.12. The van der Waals surface area contributed by atoms with Crippen molar-refractivity contribution in [2.75, 3.05) is 52.5 Å². The third-order valence-corrected chi connectivity index (χ3v) is 3.26. The molecule has 2 saturated heterocycles. The van der Waals surface area contributed by atoms with Gasteiger partial charge in [0.05, 0.1) is 19.8 Å². The van der Waals surface area contributed by atoms with Crippen molar-refractivity contribution in [1.82, 2.24) is 15.1 Å². The van der Waals surface area contributed by atoms with Crippen LogP contribution in [0.5, 0.6) is 0 Å². The summed E-state index contributed by atoms with van der Waals surface area (Å²) in [6.07, 6.45) is 0. The van der Waals surface area contributed by atoms with E-state index in [2.05, 4.69) is 5.32 Å². The Morgan fingerprint density at radius 3 is 2.56 bits per heavy atom. The molecule has 2 aliphatic heterocycles. The fourth-order valence-corrected chi connectivity index (χ4v) is 2.26. The van der Waals surface area contributed by atoms with Gasteiger partial charge in [-0.3, -0.25) is 14.5 Å². The van der Waals surface area contributed by atoms with E-state index in [1.54, 1.807) is 4.90 Å². The van der Waals surface area contributed by atoms with E-state index in [1.807, 2.05) is 4.90 Å². The molecular weight excluding hydrogens is 238 g/mol. The normalized spacial score (nSPS) is 26.0. The first kappa shape index (κ1) is 13.3. The molecule has 18 heavy (non-hydrogen) atoms. The van der Waals surface area contributed by atoms with E-state index >= 15 is 0 Å². The Morgan fingerprint density at radius 2 is 2.00 bits per heavy atom. The van der Waals surface area contributed by atoms with Gasteiger partial charge in [0, 0.05) is 32.7 Å². The largest absolute Gasteiger partial charge is 0.480 e. The quantitative estimate of drug-likeness (QED) is 0.621. The number of aliphatic carboxylic acids is 1. The minimum absolute atomic E-state index is 0.0484. The molecule has 0 radical (unpaired) electrons. The van der Waals surface area contributed by atoms with Crippen LogP contribution in [0, 0.1) is 0 Å². The number of rotatable bonds is 3. The van der Waals surface area contributed by atoms with Crippen molar-refractivity contribution in [3.05, 3.63) is 0 Å². The van der Waals surface area contributed by atoms with Crippen LogP contribution in [-0.2, 0) is 14.3 Å². The van der Waals surface area contributed by atoms with Crippen LogP contribution < -0.4 is 5.32 Å². The van der Waals surface area contributed by atoms with Gasteiger partial charge in [-0.25, -0.2) is 0 Å². The predicted molar refractivity (Wildman–Crippen MR) is 63.3 cm³/mol. The first-order valence-corrected chi connectivity index (χ1v) is 6.21.